The largest absolute Gasteiger partial charge is 0.508 e. The quantitative estimate of drug-likeness (QED) is 0.116. The maximum absolute atomic E-state index is 13.6. The van der Waals surface area contributed by atoms with Crippen LogP contribution in [0.5, 0.6) is 0 Å². The molecule has 0 saturated carbocycles. The number of rotatable bonds is 4. The van der Waals surface area contributed by atoms with Crippen molar-refractivity contribution in [2.45, 2.75) is 68.8 Å². The SMILES string of the molecule is CNc1nc(CO)nc2c1ncn2[C@@H]1O[C@@H]2COP(=O)(S)O[C@H]3C[C@H](n4cc5c6c(ncnc64)NCCC5)O[C@@H]3COC(=O)O[C@@H]1[C@@H]2O. The summed E-state index contributed by atoms with van der Waals surface area (Å²) in [4.78, 5) is 34.9. The van der Waals surface area contributed by atoms with Crippen LogP contribution in [0.4, 0.5) is 16.4 Å². The summed E-state index contributed by atoms with van der Waals surface area (Å²) in [6, 6.07) is 0. The van der Waals surface area contributed by atoms with E-state index in [2.05, 4.69) is 47.8 Å². The van der Waals surface area contributed by atoms with Gasteiger partial charge in [-0.3, -0.25) is 13.6 Å². The molecular formula is C27H32N9O10PS. The fourth-order valence-corrected chi connectivity index (χ4v) is 8.11. The molecule has 256 valence electrons. The van der Waals surface area contributed by atoms with Gasteiger partial charge in [-0.15, -0.1) is 0 Å². The molecule has 1 unspecified atom stereocenters. The monoisotopic (exact) mass is 705 g/mol. The van der Waals surface area contributed by atoms with Crippen molar-refractivity contribution in [1.82, 2.24) is 34.1 Å². The van der Waals surface area contributed by atoms with Crippen molar-refractivity contribution in [1.29, 1.82) is 0 Å². The van der Waals surface area contributed by atoms with E-state index in [9.17, 15) is 19.6 Å². The summed E-state index contributed by atoms with van der Waals surface area (Å²) in [5.41, 5.74) is 2.30. The minimum absolute atomic E-state index is 0.0977. The fraction of sp³-hybridized carbons (Fsp3) is 0.556. The maximum atomic E-state index is 13.6. The van der Waals surface area contributed by atoms with E-state index in [1.54, 1.807) is 7.05 Å². The number of aromatic nitrogens is 7. The number of aliphatic hydroxyl groups excluding tert-OH is 2. The minimum Gasteiger partial charge on any atom is -0.431 e. The third kappa shape index (κ3) is 5.55. The second-order valence-corrected chi connectivity index (χ2v) is 14.6. The van der Waals surface area contributed by atoms with Gasteiger partial charge in [0, 0.05) is 26.2 Å². The number of nitrogens with zero attached hydrogens (tertiary/aromatic N) is 7. The molecule has 8 rings (SSSR count). The van der Waals surface area contributed by atoms with Crippen LogP contribution in [0.25, 0.3) is 22.2 Å². The third-order valence-electron chi connectivity index (χ3n) is 8.80. The third-order valence-corrected chi connectivity index (χ3v) is 10.4. The second-order valence-electron chi connectivity index (χ2n) is 11.7. The van der Waals surface area contributed by atoms with Crippen molar-refractivity contribution in [2.75, 3.05) is 37.4 Å². The zero-order valence-corrected chi connectivity index (χ0v) is 27.2. The Morgan fingerprint density at radius 1 is 1.12 bits per heavy atom. The number of hydrogen-bond acceptors (Lipinski definition) is 17. The van der Waals surface area contributed by atoms with Gasteiger partial charge in [0.2, 0.25) is 0 Å². The van der Waals surface area contributed by atoms with Gasteiger partial charge >= 0.3 is 13.0 Å². The number of cyclic esters (lactones) is 1. The minimum atomic E-state index is -4.09. The Hall–Kier alpha value is -3.62. The summed E-state index contributed by atoms with van der Waals surface area (Å²) >= 11 is 4.21. The van der Waals surface area contributed by atoms with Crippen LogP contribution in [0.2, 0.25) is 0 Å². The van der Waals surface area contributed by atoms with Crippen molar-refractivity contribution < 1.29 is 47.6 Å². The van der Waals surface area contributed by atoms with Crippen LogP contribution in [0.1, 0.15) is 36.7 Å². The predicted molar refractivity (Wildman–Crippen MR) is 167 cm³/mol. The number of fused-ring (bicyclic) bond motifs is 4. The lowest BCUT2D eigenvalue weighted by Crippen LogP contribution is -2.37. The van der Waals surface area contributed by atoms with Crippen LogP contribution in [-0.4, -0.2) is 108 Å². The molecule has 0 aromatic carbocycles. The Labute approximate surface area is 277 Å². The van der Waals surface area contributed by atoms with E-state index in [0.29, 0.717) is 17.0 Å². The van der Waals surface area contributed by atoms with E-state index >= 15 is 0 Å². The molecule has 3 fully saturated rings. The van der Waals surface area contributed by atoms with E-state index < -0.39 is 69.1 Å². The number of carbonyl (C=O) groups is 1. The van der Waals surface area contributed by atoms with E-state index in [0.717, 1.165) is 36.2 Å². The van der Waals surface area contributed by atoms with Gasteiger partial charge in [0.1, 0.15) is 61.6 Å². The normalized spacial score (nSPS) is 32.3. The van der Waals surface area contributed by atoms with Gasteiger partial charge in [-0.2, -0.15) is 0 Å². The molecule has 4 aromatic rings. The molecule has 8 atom stereocenters. The van der Waals surface area contributed by atoms with Gasteiger partial charge in [-0.1, -0.05) is 12.2 Å². The number of ether oxygens (including phenoxy) is 4. The molecule has 0 amide bonds. The molecule has 0 aliphatic carbocycles. The standard InChI is InChI=1S/C27H32N9O10PS/c1-28-23-19-25(34-16(7-37)33-23)36(11-32-19)26-21-20(38)15(44-26)9-42-47(40,48)46-13-5-17(43-14(13)8-41-27(39)45-21)35-6-12-3-2-4-29-22-18(12)24(35)31-10-30-22/h6,10-11,13-15,17,20-21,26,37-38H,2-5,7-9H2,1H3,(H,40,48)(H,28,33,34)(H,29,30,31)/t13-,14+,15+,17+,20+,21+,26+,47?/m0/s1. The maximum Gasteiger partial charge on any atom is 0.508 e. The number of aryl methyl sites for hydroxylation is 1. The van der Waals surface area contributed by atoms with Crippen LogP contribution >= 0.6 is 19.0 Å². The molecule has 19 nitrogen and oxygen atoms in total. The molecule has 3 saturated heterocycles. The number of aliphatic hydroxyl groups is 2. The van der Waals surface area contributed by atoms with Crippen LogP contribution in [0, 0.1) is 0 Å². The lowest BCUT2D eigenvalue weighted by Gasteiger charge is -2.24. The zero-order valence-electron chi connectivity index (χ0n) is 25.4. The highest BCUT2D eigenvalue weighted by atomic mass is 32.7. The van der Waals surface area contributed by atoms with Crippen LogP contribution in [0.3, 0.4) is 0 Å². The lowest BCUT2D eigenvalue weighted by atomic mass is 10.1. The predicted octanol–water partition coefficient (Wildman–Crippen LogP) is 1.68. The summed E-state index contributed by atoms with van der Waals surface area (Å²) < 4.78 is 51.9. The molecule has 0 spiro atoms. The topological polar surface area (TPSA) is 228 Å². The van der Waals surface area contributed by atoms with E-state index in [1.807, 2.05) is 10.8 Å². The van der Waals surface area contributed by atoms with Gasteiger partial charge < -0.3 is 44.4 Å². The van der Waals surface area contributed by atoms with Crippen molar-refractivity contribution >= 4 is 59.0 Å². The number of anilines is 2. The first kappa shape index (κ1) is 31.6. The smallest absolute Gasteiger partial charge is 0.431 e. The highest BCUT2D eigenvalue weighted by molar-refractivity contribution is 8.44. The second kappa shape index (κ2) is 12.4. The van der Waals surface area contributed by atoms with Crippen molar-refractivity contribution in [3.63, 3.8) is 0 Å². The van der Waals surface area contributed by atoms with Crippen molar-refractivity contribution in [3.8, 4) is 0 Å². The first-order valence-corrected chi connectivity index (χ1v) is 18.0. The Bertz CT molecular complexity index is 1930. The molecule has 0 radical (unpaired) electrons. The molecule has 21 heteroatoms. The number of imidazole rings is 1. The molecule has 4 aliphatic rings. The zero-order chi connectivity index (χ0) is 33.2. The van der Waals surface area contributed by atoms with E-state index in [4.69, 9.17) is 28.0 Å². The van der Waals surface area contributed by atoms with Crippen LogP contribution in [0.15, 0.2) is 18.9 Å². The van der Waals surface area contributed by atoms with Crippen molar-refractivity contribution in [3.05, 3.63) is 30.2 Å². The summed E-state index contributed by atoms with van der Waals surface area (Å²) in [7, 11) is 1.63. The highest BCUT2D eigenvalue weighted by Crippen LogP contribution is 2.57. The van der Waals surface area contributed by atoms with Gasteiger partial charge in [-0.05, 0) is 18.4 Å². The van der Waals surface area contributed by atoms with Crippen LogP contribution < -0.4 is 10.6 Å². The fourth-order valence-electron chi connectivity index (χ4n) is 6.59. The molecule has 48 heavy (non-hydrogen) atoms. The van der Waals surface area contributed by atoms with Gasteiger partial charge in [0.15, 0.2) is 35.1 Å². The molecule has 2 bridgehead atoms. The highest BCUT2D eigenvalue weighted by Gasteiger charge is 2.50. The molecule has 8 heterocycles. The number of hydrogen-bond donors (Lipinski definition) is 5. The summed E-state index contributed by atoms with van der Waals surface area (Å²) in [5, 5.41) is 28.1. The molecule has 4 aromatic heterocycles. The summed E-state index contributed by atoms with van der Waals surface area (Å²) in [6.07, 6.45) is -1.84. The Morgan fingerprint density at radius 2 is 2.00 bits per heavy atom. The Balaban J connectivity index is 1.07. The number of carbonyl (C=O) groups excluding carboxylic acids is 1. The van der Waals surface area contributed by atoms with Gasteiger partial charge in [0.05, 0.1) is 18.3 Å². The van der Waals surface area contributed by atoms with Crippen molar-refractivity contribution in [2.24, 2.45) is 0 Å². The number of nitrogens with one attached hydrogen (secondary N) is 2. The number of thiol groups is 1. The average molecular weight is 706 g/mol. The average Bonchev–Trinajstić information content (AvgIpc) is 3.81. The first-order valence-electron chi connectivity index (χ1n) is 15.3. The first-order chi connectivity index (χ1) is 23.2. The summed E-state index contributed by atoms with van der Waals surface area (Å²) in [6.45, 7) is -4.52. The Morgan fingerprint density at radius 3 is 2.83 bits per heavy atom. The van der Waals surface area contributed by atoms with Gasteiger partial charge in [-0.25, -0.2) is 34.3 Å². The molecular weight excluding hydrogens is 673 g/mol. The van der Waals surface area contributed by atoms with Gasteiger partial charge in [0.25, 0.3) is 0 Å². The summed E-state index contributed by atoms with van der Waals surface area (Å²) in [5.74, 6) is 1.18. The Kier molecular flexibility index (Phi) is 8.15. The van der Waals surface area contributed by atoms with E-state index in [-0.39, 0.29) is 24.5 Å². The molecule has 4 N–H and O–H groups in total. The van der Waals surface area contributed by atoms with E-state index in [1.165, 1.54) is 17.2 Å². The lowest BCUT2D eigenvalue weighted by molar-refractivity contribution is -0.0828. The van der Waals surface area contributed by atoms with Crippen LogP contribution in [-0.2, 0) is 45.6 Å². The molecule has 4 aliphatic heterocycles.